The molecule has 0 aromatic heterocycles. The van der Waals surface area contributed by atoms with E-state index < -0.39 is 0 Å². The summed E-state index contributed by atoms with van der Waals surface area (Å²) in [5, 5.41) is 1.81. The van der Waals surface area contributed by atoms with E-state index in [4.69, 9.17) is 11.6 Å². The summed E-state index contributed by atoms with van der Waals surface area (Å²) in [5.41, 5.74) is -0.216. The highest BCUT2D eigenvalue weighted by atomic mass is 127. The molecule has 46 valence electrons. The molecule has 8 heavy (non-hydrogen) atoms. The lowest BCUT2D eigenvalue weighted by atomic mass is 11.0. The molecule has 0 fully saturated rings. The van der Waals surface area contributed by atoms with Crippen molar-refractivity contribution in [1.82, 2.24) is 8.23 Å². The molecule has 1 heterocycles. The van der Waals surface area contributed by atoms with E-state index in [0.29, 0.717) is 0 Å². The molecule has 1 aliphatic heterocycles. The van der Waals surface area contributed by atoms with E-state index in [1.807, 2.05) is 12.1 Å². The van der Waals surface area contributed by atoms with Crippen molar-refractivity contribution in [3.05, 3.63) is 0 Å². The van der Waals surface area contributed by atoms with Gasteiger partial charge in [0.05, 0.1) is 22.9 Å². The highest BCUT2D eigenvalue weighted by Crippen LogP contribution is 2.15. The van der Waals surface area contributed by atoms with Crippen LogP contribution in [0.15, 0.2) is 4.99 Å². The van der Waals surface area contributed by atoms with Crippen LogP contribution in [0, 0.1) is 0 Å². The van der Waals surface area contributed by atoms with Gasteiger partial charge in [0.25, 0.3) is 0 Å². The summed E-state index contributed by atoms with van der Waals surface area (Å²) in [6, 6.07) is 0. The summed E-state index contributed by atoms with van der Waals surface area (Å²) in [6.07, 6.45) is 1.68. The molecular formula is C3H5ClIN3. The minimum Gasteiger partial charge on any atom is -0.237 e. The van der Waals surface area contributed by atoms with Gasteiger partial charge in [-0.1, -0.05) is 11.6 Å². The van der Waals surface area contributed by atoms with E-state index >= 15 is 0 Å². The van der Waals surface area contributed by atoms with E-state index in [0.717, 1.165) is 0 Å². The molecular weight excluding hydrogens is 240 g/mol. The summed E-state index contributed by atoms with van der Waals surface area (Å²) in [4.78, 5) is 3.88. The molecule has 5 heteroatoms. The van der Waals surface area contributed by atoms with E-state index in [-0.39, 0.29) is 5.62 Å². The van der Waals surface area contributed by atoms with Crippen LogP contribution in [0.25, 0.3) is 0 Å². The first-order chi connectivity index (χ1) is 3.72. The summed E-state index contributed by atoms with van der Waals surface area (Å²) < 4.78 is 1.80. The Morgan fingerprint density at radius 3 is 2.62 bits per heavy atom. The number of hydrogen-bond acceptors (Lipinski definition) is 3. The molecule has 0 aromatic rings. The first-order valence-electron chi connectivity index (χ1n) is 2.07. The zero-order valence-electron chi connectivity index (χ0n) is 4.25. The van der Waals surface area contributed by atoms with Gasteiger partial charge in [-0.05, 0) is 0 Å². The molecule has 0 aromatic carbocycles. The third-order valence-corrected chi connectivity index (χ3v) is 2.22. The predicted octanol–water partition coefficient (Wildman–Crippen LogP) is 1.05. The van der Waals surface area contributed by atoms with Gasteiger partial charge in [0.15, 0.2) is 5.62 Å². The normalized spacial score (nSPS) is 29.9. The molecule has 0 saturated heterocycles. The molecule has 1 rings (SSSR count). The third kappa shape index (κ3) is 1.06. The van der Waals surface area contributed by atoms with Crippen molar-refractivity contribution in [3.8, 4) is 0 Å². The standard InChI is InChI=1S/C3H5ClIN3/c1-7-3(4)6-2-8(7)5/h2-3H,1H3. The predicted molar refractivity (Wildman–Crippen MR) is 41.8 cm³/mol. The second-order valence-electron chi connectivity index (χ2n) is 1.44. The molecule has 0 spiro atoms. The van der Waals surface area contributed by atoms with Crippen molar-refractivity contribution in [1.29, 1.82) is 0 Å². The molecule has 0 aliphatic carbocycles. The Morgan fingerprint density at radius 1 is 1.88 bits per heavy atom. The van der Waals surface area contributed by atoms with Crippen LogP contribution in [0.5, 0.6) is 0 Å². The van der Waals surface area contributed by atoms with Crippen LogP contribution < -0.4 is 0 Å². The van der Waals surface area contributed by atoms with Gasteiger partial charge in [0.2, 0.25) is 0 Å². The average Bonchev–Trinajstić information content (AvgIpc) is 1.98. The van der Waals surface area contributed by atoms with Gasteiger partial charge in [-0.15, -0.1) is 0 Å². The van der Waals surface area contributed by atoms with Crippen LogP contribution >= 0.6 is 34.5 Å². The lowest BCUT2D eigenvalue weighted by molar-refractivity contribution is 0.214. The maximum absolute atomic E-state index is 5.64. The minimum absolute atomic E-state index is 0.216. The Kier molecular flexibility index (Phi) is 1.94. The summed E-state index contributed by atoms with van der Waals surface area (Å²) in [6.45, 7) is 0. The second kappa shape index (κ2) is 2.36. The topological polar surface area (TPSA) is 18.8 Å². The van der Waals surface area contributed by atoms with Crippen LogP contribution in [-0.2, 0) is 0 Å². The monoisotopic (exact) mass is 245 g/mol. The maximum Gasteiger partial charge on any atom is 0.196 e. The van der Waals surface area contributed by atoms with E-state index in [9.17, 15) is 0 Å². The number of halogens is 2. The van der Waals surface area contributed by atoms with E-state index in [1.165, 1.54) is 0 Å². The lowest BCUT2D eigenvalue weighted by Crippen LogP contribution is -2.28. The fourth-order valence-electron chi connectivity index (χ4n) is 0.379. The molecule has 0 saturated carbocycles. The SMILES string of the molecule is CN1C(Cl)N=CN1I. The molecule has 0 N–H and O–H groups in total. The quantitative estimate of drug-likeness (QED) is 0.275. The second-order valence-corrected chi connectivity index (χ2v) is 2.82. The van der Waals surface area contributed by atoms with Crippen LogP contribution in [-0.4, -0.2) is 27.2 Å². The number of aliphatic imine (C=N–C) groups is 1. The van der Waals surface area contributed by atoms with Crippen molar-refractivity contribution in [2.45, 2.75) is 5.62 Å². The summed E-state index contributed by atoms with van der Waals surface area (Å²) in [7, 11) is 1.87. The fraction of sp³-hybridized carbons (Fsp3) is 0.667. The Labute approximate surface area is 66.8 Å². The van der Waals surface area contributed by atoms with Gasteiger partial charge in [0, 0.05) is 7.05 Å². The first kappa shape index (κ1) is 6.57. The van der Waals surface area contributed by atoms with Gasteiger partial charge in [-0.3, -0.25) is 0 Å². The number of hydrazine groups is 1. The number of alkyl halides is 1. The molecule has 1 unspecified atom stereocenters. The largest absolute Gasteiger partial charge is 0.237 e. The molecule has 0 bridgehead atoms. The average molecular weight is 245 g/mol. The van der Waals surface area contributed by atoms with Crippen molar-refractivity contribution in [3.63, 3.8) is 0 Å². The van der Waals surface area contributed by atoms with Crippen LogP contribution in [0.4, 0.5) is 0 Å². The van der Waals surface area contributed by atoms with Crippen LogP contribution in [0.1, 0.15) is 0 Å². The van der Waals surface area contributed by atoms with E-state index in [2.05, 4.69) is 27.9 Å². The number of rotatable bonds is 0. The first-order valence-corrected chi connectivity index (χ1v) is 3.47. The fourth-order valence-corrected chi connectivity index (χ4v) is 1.05. The lowest BCUT2D eigenvalue weighted by Gasteiger charge is -2.17. The maximum atomic E-state index is 5.64. The van der Waals surface area contributed by atoms with Crippen molar-refractivity contribution in [2.75, 3.05) is 7.05 Å². The molecule has 0 amide bonds. The van der Waals surface area contributed by atoms with Crippen molar-refractivity contribution < 1.29 is 0 Å². The number of hydrogen-bond donors (Lipinski definition) is 0. The van der Waals surface area contributed by atoms with Gasteiger partial charge in [0.1, 0.15) is 6.34 Å². The summed E-state index contributed by atoms with van der Waals surface area (Å²) in [5.74, 6) is 0. The third-order valence-electron chi connectivity index (χ3n) is 0.895. The van der Waals surface area contributed by atoms with Crippen molar-refractivity contribution >= 4 is 40.8 Å². The zero-order valence-corrected chi connectivity index (χ0v) is 7.17. The Balaban J connectivity index is 2.55. The highest BCUT2D eigenvalue weighted by molar-refractivity contribution is 14.1. The molecule has 1 atom stereocenters. The van der Waals surface area contributed by atoms with E-state index in [1.54, 1.807) is 9.56 Å². The molecule has 3 nitrogen and oxygen atoms in total. The molecule has 0 radical (unpaired) electrons. The Bertz CT molecular complexity index is 105. The van der Waals surface area contributed by atoms with Crippen molar-refractivity contribution in [2.24, 2.45) is 4.99 Å². The van der Waals surface area contributed by atoms with Gasteiger partial charge < -0.3 is 0 Å². The van der Waals surface area contributed by atoms with Gasteiger partial charge in [-0.25, -0.2) is 8.21 Å². The van der Waals surface area contributed by atoms with Crippen LogP contribution in [0.2, 0.25) is 0 Å². The smallest absolute Gasteiger partial charge is 0.196 e. The Morgan fingerprint density at radius 2 is 2.50 bits per heavy atom. The Hall–Kier alpha value is 0.450. The summed E-state index contributed by atoms with van der Waals surface area (Å²) >= 11 is 7.74. The van der Waals surface area contributed by atoms with Crippen LogP contribution in [0.3, 0.4) is 0 Å². The number of nitrogens with zero attached hydrogens (tertiary/aromatic N) is 3. The minimum atomic E-state index is -0.216. The van der Waals surface area contributed by atoms with Gasteiger partial charge in [-0.2, -0.15) is 5.01 Å². The van der Waals surface area contributed by atoms with Gasteiger partial charge >= 0.3 is 0 Å². The zero-order chi connectivity index (χ0) is 6.15. The molecule has 1 aliphatic rings. The highest BCUT2D eigenvalue weighted by Gasteiger charge is 2.18.